The van der Waals surface area contributed by atoms with Gasteiger partial charge in [0.05, 0.1) is 12.3 Å². The molecule has 1 fully saturated rings. The van der Waals surface area contributed by atoms with Crippen LogP contribution in [-0.2, 0) is 23.9 Å². The molecule has 4 N–H and O–H groups in total. The molecular weight excluding hydrogens is 482 g/mol. The number of aliphatic carboxylic acids is 1. The zero-order chi connectivity index (χ0) is 27.5. The van der Waals surface area contributed by atoms with Gasteiger partial charge in [0, 0.05) is 38.4 Å². The monoisotopic (exact) mass is 521 g/mol. The molecule has 1 heterocycles. The van der Waals surface area contributed by atoms with Gasteiger partial charge in [0.1, 0.15) is 24.6 Å². The predicted octanol–water partition coefficient (Wildman–Crippen LogP) is 0.978. The first-order valence-corrected chi connectivity index (χ1v) is 12.5. The summed E-state index contributed by atoms with van der Waals surface area (Å²) >= 11 is 0. The van der Waals surface area contributed by atoms with Crippen LogP contribution >= 0.6 is 0 Å². The van der Waals surface area contributed by atoms with Crippen molar-refractivity contribution in [3.8, 4) is 0 Å². The number of rotatable bonds is 14. The lowest BCUT2D eigenvalue weighted by molar-refractivity contribution is -0.139. The lowest BCUT2D eigenvalue weighted by atomic mass is 9.91. The van der Waals surface area contributed by atoms with Crippen LogP contribution in [-0.4, -0.2) is 77.4 Å². The second-order valence-electron chi connectivity index (χ2n) is 9.97. The third kappa shape index (κ3) is 9.04. The second-order valence-corrected chi connectivity index (χ2v) is 9.97. The van der Waals surface area contributed by atoms with E-state index in [1.165, 1.54) is 25.7 Å². The fourth-order valence-corrected chi connectivity index (χ4v) is 4.52. The van der Waals surface area contributed by atoms with Crippen LogP contribution in [0.3, 0.4) is 0 Å². The maximum absolute atomic E-state index is 13.1. The lowest BCUT2D eigenvalue weighted by Gasteiger charge is -2.29. The van der Waals surface area contributed by atoms with Crippen molar-refractivity contribution in [2.75, 3.05) is 20.4 Å². The summed E-state index contributed by atoms with van der Waals surface area (Å²) in [6, 6.07) is -1.76. The van der Waals surface area contributed by atoms with Crippen LogP contribution in [0.4, 0.5) is 0 Å². The molecule has 0 bridgehead atoms. The Labute approximate surface area is 217 Å². The number of carboxylic acids is 1. The van der Waals surface area contributed by atoms with Gasteiger partial charge in [-0.05, 0) is 30.6 Å². The normalized spacial score (nSPS) is 20.9. The molecule has 0 saturated heterocycles. The maximum atomic E-state index is 13.1. The number of carbonyl (C=O) groups excluding carboxylic acids is 3. The second kappa shape index (κ2) is 14.6. The van der Waals surface area contributed by atoms with E-state index in [1.54, 1.807) is 27.7 Å². The summed E-state index contributed by atoms with van der Waals surface area (Å²) in [4.78, 5) is 58.0. The van der Waals surface area contributed by atoms with Gasteiger partial charge in [-0.1, -0.05) is 27.7 Å². The molecule has 1 aliphatic carbocycles. The molecule has 37 heavy (non-hydrogen) atoms. The molecule has 1 saturated carbocycles. The summed E-state index contributed by atoms with van der Waals surface area (Å²) in [5.74, 6) is -3.17. The number of methoxy groups -OCH3 is 1. The van der Waals surface area contributed by atoms with Crippen LogP contribution in [0.5, 0.6) is 0 Å². The SMILES string of the molecule is COCO[C@@H]1CC[C@H](CC(=O)O)[C@@H]1CNC(=O)[C@@H](NC(=O)[C@H](NC(=O)c1cnccn1)C(C)C)C(C)C. The Hall–Kier alpha value is -3.12. The minimum Gasteiger partial charge on any atom is -0.481 e. The quantitative estimate of drug-likeness (QED) is 0.261. The molecule has 1 aromatic heterocycles. The minimum absolute atomic E-state index is 0.0146. The van der Waals surface area contributed by atoms with E-state index in [4.69, 9.17) is 9.47 Å². The van der Waals surface area contributed by atoms with Crippen molar-refractivity contribution in [1.82, 2.24) is 25.9 Å². The molecule has 1 aromatic rings. The smallest absolute Gasteiger partial charge is 0.303 e. The highest BCUT2D eigenvalue weighted by atomic mass is 16.7. The molecule has 5 atom stereocenters. The Morgan fingerprint density at radius 2 is 1.70 bits per heavy atom. The number of carbonyl (C=O) groups is 4. The zero-order valence-corrected chi connectivity index (χ0v) is 22.1. The standard InChI is InChI=1S/C25H39N5O7/c1-14(2)21(30-25(35)22(15(3)4)29-23(33)18-12-26-8-9-27-18)24(34)28-11-17-16(10-20(31)32)6-7-19(17)37-13-36-5/h8-9,12,14-17,19,21-22H,6-7,10-11,13H2,1-5H3,(H,28,34)(H,29,33)(H,30,35)(H,31,32)/t16-,17+,19-,21+,22-/m1/s1. The number of hydrogen-bond acceptors (Lipinski definition) is 8. The highest BCUT2D eigenvalue weighted by Gasteiger charge is 2.39. The van der Waals surface area contributed by atoms with Crippen LogP contribution in [0.1, 0.15) is 57.4 Å². The summed E-state index contributed by atoms with van der Waals surface area (Å²) in [6.45, 7) is 7.47. The fraction of sp³-hybridized carbons (Fsp3) is 0.680. The van der Waals surface area contributed by atoms with Crippen LogP contribution < -0.4 is 16.0 Å². The summed E-state index contributed by atoms with van der Waals surface area (Å²) in [5, 5.41) is 17.6. The van der Waals surface area contributed by atoms with E-state index in [0.29, 0.717) is 12.8 Å². The van der Waals surface area contributed by atoms with E-state index in [2.05, 4.69) is 25.9 Å². The van der Waals surface area contributed by atoms with Crippen molar-refractivity contribution in [3.05, 3.63) is 24.3 Å². The molecule has 0 aliphatic heterocycles. The number of ether oxygens (including phenoxy) is 2. The minimum atomic E-state index is -0.899. The average Bonchev–Trinajstić information content (AvgIpc) is 3.23. The van der Waals surface area contributed by atoms with E-state index < -0.39 is 35.8 Å². The van der Waals surface area contributed by atoms with Crippen molar-refractivity contribution in [2.45, 2.75) is 65.1 Å². The third-order valence-electron chi connectivity index (χ3n) is 6.53. The Balaban J connectivity index is 2.05. The van der Waals surface area contributed by atoms with E-state index in [0.717, 1.165) is 0 Å². The van der Waals surface area contributed by atoms with Crippen molar-refractivity contribution in [2.24, 2.45) is 23.7 Å². The van der Waals surface area contributed by atoms with Crippen molar-refractivity contribution in [3.63, 3.8) is 0 Å². The Morgan fingerprint density at radius 1 is 1.03 bits per heavy atom. The number of nitrogens with one attached hydrogen (secondary N) is 3. The summed E-state index contributed by atoms with van der Waals surface area (Å²) in [5.41, 5.74) is 0.0804. The zero-order valence-electron chi connectivity index (χ0n) is 22.1. The number of aromatic nitrogens is 2. The Bertz CT molecular complexity index is 912. The Kier molecular flexibility index (Phi) is 11.9. The highest BCUT2D eigenvalue weighted by molar-refractivity contribution is 5.97. The molecule has 12 heteroatoms. The predicted molar refractivity (Wildman–Crippen MR) is 133 cm³/mol. The number of hydrogen-bond donors (Lipinski definition) is 4. The van der Waals surface area contributed by atoms with Gasteiger partial charge in [0.25, 0.3) is 5.91 Å². The fourth-order valence-electron chi connectivity index (χ4n) is 4.52. The van der Waals surface area contributed by atoms with E-state index in [9.17, 15) is 24.3 Å². The van der Waals surface area contributed by atoms with Crippen LogP contribution in [0.25, 0.3) is 0 Å². The molecular formula is C25H39N5O7. The van der Waals surface area contributed by atoms with E-state index in [1.807, 2.05) is 0 Å². The van der Waals surface area contributed by atoms with Gasteiger partial charge in [-0.25, -0.2) is 4.98 Å². The summed E-state index contributed by atoms with van der Waals surface area (Å²) in [7, 11) is 1.51. The first-order valence-electron chi connectivity index (χ1n) is 12.5. The van der Waals surface area contributed by atoms with Crippen LogP contribution in [0, 0.1) is 23.7 Å². The highest BCUT2D eigenvalue weighted by Crippen LogP contribution is 2.36. The summed E-state index contributed by atoms with van der Waals surface area (Å²) in [6.07, 6.45) is 5.23. The first-order chi connectivity index (χ1) is 17.5. The Morgan fingerprint density at radius 3 is 2.27 bits per heavy atom. The first kappa shape index (κ1) is 30.1. The third-order valence-corrected chi connectivity index (χ3v) is 6.53. The van der Waals surface area contributed by atoms with Gasteiger partial charge in [0.2, 0.25) is 11.8 Å². The van der Waals surface area contributed by atoms with Crippen LogP contribution in [0.2, 0.25) is 0 Å². The van der Waals surface area contributed by atoms with Gasteiger partial charge >= 0.3 is 5.97 Å². The topological polar surface area (TPSA) is 169 Å². The van der Waals surface area contributed by atoms with Crippen molar-refractivity contribution >= 4 is 23.7 Å². The largest absolute Gasteiger partial charge is 0.481 e. The lowest BCUT2D eigenvalue weighted by Crippen LogP contribution is -2.57. The molecule has 0 aromatic carbocycles. The van der Waals surface area contributed by atoms with E-state index >= 15 is 0 Å². The maximum Gasteiger partial charge on any atom is 0.303 e. The molecule has 0 radical (unpaired) electrons. The van der Waals surface area contributed by atoms with E-state index in [-0.39, 0.29) is 55.2 Å². The van der Waals surface area contributed by atoms with Gasteiger partial charge in [-0.15, -0.1) is 0 Å². The molecule has 206 valence electrons. The number of amides is 3. The van der Waals surface area contributed by atoms with Gasteiger partial charge in [-0.3, -0.25) is 24.2 Å². The molecule has 12 nitrogen and oxygen atoms in total. The molecule has 3 amide bonds. The number of carboxylic acid groups (broad SMARTS) is 1. The average molecular weight is 522 g/mol. The molecule has 0 unspecified atom stereocenters. The molecule has 0 spiro atoms. The summed E-state index contributed by atoms with van der Waals surface area (Å²) < 4.78 is 10.7. The van der Waals surface area contributed by atoms with Gasteiger partial charge < -0.3 is 30.5 Å². The molecule has 1 aliphatic rings. The van der Waals surface area contributed by atoms with Crippen molar-refractivity contribution in [1.29, 1.82) is 0 Å². The number of nitrogens with zero attached hydrogens (tertiary/aromatic N) is 2. The van der Waals surface area contributed by atoms with Crippen LogP contribution in [0.15, 0.2) is 18.6 Å². The van der Waals surface area contributed by atoms with Gasteiger partial charge in [0.15, 0.2) is 0 Å². The molecule has 2 rings (SSSR count). The van der Waals surface area contributed by atoms with Crippen molar-refractivity contribution < 1.29 is 33.8 Å². The van der Waals surface area contributed by atoms with Gasteiger partial charge in [-0.2, -0.15) is 0 Å².